The summed E-state index contributed by atoms with van der Waals surface area (Å²) >= 11 is 3.55. The molecule has 0 unspecified atom stereocenters. The van der Waals surface area contributed by atoms with Gasteiger partial charge in [0.15, 0.2) is 11.7 Å². The molecule has 6 aromatic rings. The summed E-state index contributed by atoms with van der Waals surface area (Å²) in [6.45, 7) is 14.9. The lowest BCUT2D eigenvalue weighted by atomic mass is 9.83. The summed E-state index contributed by atoms with van der Waals surface area (Å²) in [5.41, 5.74) is 7.11. The molecule has 0 spiro atoms. The highest BCUT2D eigenvalue weighted by Crippen LogP contribution is 2.44. The fraction of sp³-hybridized carbons (Fsp3) is 0.151. The number of rotatable bonds is 13. The molecule has 60 heavy (non-hydrogen) atoms. The van der Waals surface area contributed by atoms with Crippen LogP contribution >= 0.6 is 23.1 Å². The lowest BCUT2D eigenvalue weighted by Crippen LogP contribution is -2.18. The second-order valence-corrected chi connectivity index (χ2v) is 17.4. The van der Waals surface area contributed by atoms with Gasteiger partial charge in [0.05, 0.1) is 5.71 Å². The molecule has 7 rings (SSSR count). The fourth-order valence-electron chi connectivity index (χ4n) is 7.28. The average molecular weight is 820 g/mol. The van der Waals surface area contributed by atoms with Crippen LogP contribution in [0.4, 0.5) is 0 Å². The molecule has 0 amide bonds. The summed E-state index contributed by atoms with van der Waals surface area (Å²) in [5, 5.41) is 20.6. The third-order valence-electron chi connectivity index (χ3n) is 10.5. The normalized spacial score (nSPS) is 14.6. The van der Waals surface area contributed by atoms with Crippen molar-refractivity contribution in [2.75, 3.05) is 0 Å². The Morgan fingerprint density at radius 1 is 0.750 bits per heavy atom. The first-order valence-corrected chi connectivity index (χ1v) is 21.9. The van der Waals surface area contributed by atoms with Crippen LogP contribution < -0.4 is 0 Å². The molecule has 2 heterocycles. The molecule has 0 bridgehead atoms. The summed E-state index contributed by atoms with van der Waals surface area (Å²) < 4.78 is 2.39. The zero-order valence-electron chi connectivity index (χ0n) is 34.4. The van der Waals surface area contributed by atoms with Gasteiger partial charge in [0.2, 0.25) is 0 Å². The van der Waals surface area contributed by atoms with Crippen molar-refractivity contribution in [3.63, 3.8) is 0 Å². The fourth-order valence-corrected chi connectivity index (χ4v) is 9.86. The molecule has 0 aliphatic carbocycles. The minimum absolute atomic E-state index is 0.0541. The van der Waals surface area contributed by atoms with Gasteiger partial charge in [-0.25, -0.2) is 15.0 Å². The van der Waals surface area contributed by atoms with Gasteiger partial charge in [0, 0.05) is 58.3 Å². The van der Waals surface area contributed by atoms with Crippen LogP contribution in [0.15, 0.2) is 206 Å². The van der Waals surface area contributed by atoms with Crippen LogP contribution in [-0.4, -0.2) is 29.4 Å². The van der Waals surface area contributed by atoms with E-state index < -0.39 is 0 Å². The average Bonchev–Trinajstić information content (AvgIpc) is 3.66. The molecule has 7 heteroatoms. The molecule has 1 aliphatic rings. The van der Waals surface area contributed by atoms with E-state index in [9.17, 15) is 0 Å². The monoisotopic (exact) mass is 819 g/mol. The standard InChI is InChI=1S/C53H49N5S2/c1-6-37(33-42-34-53(4,5)45-28-15-17-31-48(45)59-42)20-18-29-46(39-21-10-8-11-22-39)57-50(54)36(3)32-38(7-2)51(55)58-52(40-23-12-9-13-24-40)56-35-41-25-19-27-44-43-26-14-16-30-47(43)60-49(41)44/h6,8-17,19,21-28,30-35,54-55H,1,3,7,18,20,29H2,2,4-5H3/b37-33+,38-32+,54-50?,55-51?,56-35?,57-46?,58-52?. The summed E-state index contributed by atoms with van der Waals surface area (Å²) in [5.74, 6) is 0.554. The number of nitrogens with zero attached hydrogens (tertiary/aromatic N) is 3. The molecule has 0 radical (unpaired) electrons. The number of hydrogen-bond acceptors (Lipinski definition) is 4. The number of nitrogens with one attached hydrogen (secondary N) is 2. The summed E-state index contributed by atoms with van der Waals surface area (Å²) in [6, 6.07) is 43.1. The summed E-state index contributed by atoms with van der Waals surface area (Å²) in [6.07, 6.45) is 13.0. The maximum Gasteiger partial charge on any atom is 0.161 e. The van der Waals surface area contributed by atoms with Crippen LogP contribution in [0.2, 0.25) is 0 Å². The highest BCUT2D eigenvalue weighted by Gasteiger charge is 2.26. The third-order valence-corrected chi connectivity index (χ3v) is 12.8. The molecule has 2 N–H and O–H groups in total. The van der Waals surface area contributed by atoms with Crippen molar-refractivity contribution in [3.8, 4) is 0 Å². The molecular formula is C53H49N5S2. The number of amidine groups is 3. The van der Waals surface area contributed by atoms with Crippen molar-refractivity contribution in [1.29, 1.82) is 10.8 Å². The molecule has 5 nitrogen and oxygen atoms in total. The largest absolute Gasteiger partial charge is 0.283 e. The van der Waals surface area contributed by atoms with Crippen molar-refractivity contribution in [1.82, 2.24) is 0 Å². The minimum atomic E-state index is -0.0547. The summed E-state index contributed by atoms with van der Waals surface area (Å²) in [4.78, 5) is 17.0. The number of fused-ring (bicyclic) bond motifs is 4. The number of thiophene rings is 1. The lowest BCUT2D eigenvalue weighted by molar-refractivity contribution is 0.650. The van der Waals surface area contributed by atoms with E-state index >= 15 is 0 Å². The molecule has 298 valence electrons. The van der Waals surface area contributed by atoms with Gasteiger partial charge >= 0.3 is 0 Å². The molecule has 0 fully saturated rings. The van der Waals surface area contributed by atoms with Crippen LogP contribution in [0.25, 0.3) is 20.2 Å². The Morgan fingerprint density at radius 2 is 1.43 bits per heavy atom. The highest BCUT2D eigenvalue weighted by molar-refractivity contribution is 8.03. The highest BCUT2D eigenvalue weighted by atomic mass is 32.2. The summed E-state index contributed by atoms with van der Waals surface area (Å²) in [7, 11) is 0. The van der Waals surface area contributed by atoms with Crippen LogP contribution in [0.1, 0.15) is 68.7 Å². The van der Waals surface area contributed by atoms with E-state index in [2.05, 4.69) is 106 Å². The first-order chi connectivity index (χ1) is 29.1. The van der Waals surface area contributed by atoms with Gasteiger partial charge < -0.3 is 0 Å². The molecular weight excluding hydrogens is 771 g/mol. The number of aliphatic imine (C=N–C) groups is 3. The molecule has 0 saturated heterocycles. The van der Waals surface area contributed by atoms with Crippen LogP contribution in [0, 0.1) is 10.8 Å². The Kier molecular flexibility index (Phi) is 13.4. The maximum atomic E-state index is 9.13. The smallest absolute Gasteiger partial charge is 0.161 e. The first kappa shape index (κ1) is 41.9. The Labute approximate surface area is 362 Å². The number of hydrogen-bond donors (Lipinski definition) is 2. The van der Waals surface area contributed by atoms with Gasteiger partial charge in [-0.05, 0) is 72.2 Å². The van der Waals surface area contributed by atoms with Crippen molar-refractivity contribution >= 4 is 72.7 Å². The predicted octanol–water partition coefficient (Wildman–Crippen LogP) is 14.5. The number of benzene rings is 5. The van der Waals surface area contributed by atoms with E-state index in [0.717, 1.165) is 39.9 Å². The Bertz CT molecular complexity index is 2780. The van der Waals surface area contributed by atoms with Crippen molar-refractivity contribution in [2.24, 2.45) is 15.0 Å². The van der Waals surface area contributed by atoms with Crippen molar-refractivity contribution in [2.45, 2.75) is 56.8 Å². The molecule has 0 saturated carbocycles. The topological polar surface area (TPSA) is 84.8 Å². The van der Waals surface area contributed by atoms with Crippen molar-refractivity contribution in [3.05, 3.63) is 209 Å². The van der Waals surface area contributed by atoms with Gasteiger partial charge in [0.25, 0.3) is 0 Å². The number of thioether (sulfide) groups is 1. The van der Waals surface area contributed by atoms with Gasteiger partial charge in [-0.3, -0.25) is 10.8 Å². The molecule has 1 aliphatic heterocycles. The predicted molar refractivity (Wildman–Crippen MR) is 261 cm³/mol. The van der Waals surface area contributed by atoms with E-state index in [0.29, 0.717) is 29.8 Å². The zero-order valence-corrected chi connectivity index (χ0v) is 36.0. The van der Waals surface area contributed by atoms with Gasteiger partial charge in [-0.15, -0.1) is 11.3 Å². The third kappa shape index (κ3) is 9.94. The SMILES string of the molecule is C=C/C(=C\C1=CC(C)(C)c2ccccc2S1)CCCC(=NC(=N)C(=C)/C=C(\CC)C(=N)N=C(N=Cc1cccc2c1sc1ccccc12)c1ccccc1)c1ccccc1. The van der Waals surface area contributed by atoms with Gasteiger partial charge in [0.1, 0.15) is 5.84 Å². The van der Waals surface area contributed by atoms with Gasteiger partial charge in [-0.2, -0.15) is 0 Å². The van der Waals surface area contributed by atoms with Crippen LogP contribution in [-0.2, 0) is 5.41 Å². The lowest BCUT2D eigenvalue weighted by Gasteiger charge is -2.29. The van der Waals surface area contributed by atoms with E-state index in [4.69, 9.17) is 25.8 Å². The van der Waals surface area contributed by atoms with Crippen LogP contribution in [0.3, 0.4) is 0 Å². The van der Waals surface area contributed by atoms with E-state index in [1.54, 1.807) is 29.2 Å². The Morgan fingerprint density at radius 3 is 2.18 bits per heavy atom. The molecule has 1 aromatic heterocycles. The van der Waals surface area contributed by atoms with E-state index in [1.165, 1.54) is 36.4 Å². The molecule has 0 atom stereocenters. The van der Waals surface area contributed by atoms with E-state index in [-0.39, 0.29) is 17.1 Å². The van der Waals surface area contributed by atoms with Gasteiger partial charge in [-0.1, -0.05) is 173 Å². The van der Waals surface area contributed by atoms with Crippen molar-refractivity contribution < 1.29 is 0 Å². The van der Waals surface area contributed by atoms with E-state index in [1.807, 2.05) is 79.9 Å². The second kappa shape index (κ2) is 19.2. The minimum Gasteiger partial charge on any atom is -0.283 e. The first-order valence-electron chi connectivity index (χ1n) is 20.3. The number of allylic oxidation sites excluding steroid dienone is 4. The maximum absolute atomic E-state index is 9.13. The second-order valence-electron chi connectivity index (χ2n) is 15.2. The van der Waals surface area contributed by atoms with Crippen LogP contribution in [0.5, 0.6) is 0 Å². The Hall–Kier alpha value is -6.28. The Balaban J connectivity index is 1.09. The molecule has 5 aromatic carbocycles. The zero-order chi connectivity index (χ0) is 42.1. The quantitative estimate of drug-likeness (QED) is 0.0679.